The Balaban J connectivity index is 2.25. The smallest absolute Gasteiger partial charge is 0.185 e. The van der Waals surface area contributed by atoms with E-state index in [1.165, 1.54) is 6.20 Å². The largest absolute Gasteiger partial charge is 0.292 e. The lowest BCUT2D eigenvalue weighted by atomic mass is 10.0. The van der Waals surface area contributed by atoms with Crippen molar-refractivity contribution in [1.82, 2.24) is 9.78 Å². The highest BCUT2D eigenvalue weighted by atomic mass is 35.5. The molecular formula is C10H13ClN2O. The Kier molecular flexibility index (Phi) is 2.59. The van der Waals surface area contributed by atoms with Crippen LogP contribution in [0.3, 0.4) is 0 Å². The summed E-state index contributed by atoms with van der Waals surface area (Å²) in [6.45, 7) is 0. The number of rotatable bonds is 2. The van der Waals surface area contributed by atoms with Crippen molar-refractivity contribution < 1.29 is 4.79 Å². The molecule has 4 heteroatoms. The fourth-order valence-corrected chi connectivity index (χ4v) is 2.33. The number of carbonyl (C=O) groups is 1. The monoisotopic (exact) mass is 212 g/mol. The molecule has 0 N–H and O–H groups in total. The van der Waals surface area contributed by atoms with E-state index in [1.54, 1.807) is 11.7 Å². The molecule has 3 nitrogen and oxygen atoms in total. The molecule has 0 spiro atoms. The standard InChI is InChI=1S/C10H13ClN2O/c1-13-9(8(11)6-12-13)10(14)7-4-2-3-5-7/h6-7H,2-5H2,1H3. The molecule has 1 saturated carbocycles. The van der Waals surface area contributed by atoms with Gasteiger partial charge in [0.25, 0.3) is 0 Å². The number of carbonyl (C=O) groups excluding carboxylic acids is 1. The van der Waals surface area contributed by atoms with E-state index in [1.807, 2.05) is 0 Å². The maximum atomic E-state index is 12.0. The molecule has 1 aromatic rings. The van der Waals surface area contributed by atoms with Gasteiger partial charge in [-0.25, -0.2) is 0 Å². The van der Waals surface area contributed by atoms with E-state index >= 15 is 0 Å². The Morgan fingerprint density at radius 1 is 1.57 bits per heavy atom. The summed E-state index contributed by atoms with van der Waals surface area (Å²) in [6, 6.07) is 0. The van der Waals surface area contributed by atoms with E-state index in [4.69, 9.17) is 11.6 Å². The van der Waals surface area contributed by atoms with Gasteiger partial charge >= 0.3 is 0 Å². The van der Waals surface area contributed by atoms with E-state index in [0.717, 1.165) is 25.7 Å². The topological polar surface area (TPSA) is 34.9 Å². The minimum atomic E-state index is 0.160. The van der Waals surface area contributed by atoms with Crippen LogP contribution in [0.5, 0.6) is 0 Å². The van der Waals surface area contributed by atoms with E-state index < -0.39 is 0 Å². The Morgan fingerprint density at radius 2 is 2.21 bits per heavy atom. The summed E-state index contributed by atoms with van der Waals surface area (Å²) in [5.74, 6) is 0.329. The van der Waals surface area contributed by atoms with Gasteiger partial charge < -0.3 is 0 Å². The van der Waals surface area contributed by atoms with Gasteiger partial charge in [0.05, 0.1) is 11.2 Å². The summed E-state index contributed by atoms with van der Waals surface area (Å²) in [6.07, 6.45) is 5.85. The molecule has 1 aliphatic rings. The summed E-state index contributed by atoms with van der Waals surface area (Å²) in [7, 11) is 1.76. The van der Waals surface area contributed by atoms with Crippen molar-refractivity contribution in [2.75, 3.05) is 0 Å². The van der Waals surface area contributed by atoms with Crippen LogP contribution >= 0.6 is 11.6 Å². The third-order valence-electron chi connectivity index (χ3n) is 2.85. The van der Waals surface area contributed by atoms with Crippen molar-refractivity contribution in [3.8, 4) is 0 Å². The second-order valence-corrected chi connectivity index (χ2v) is 4.22. The number of halogens is 1. The first-order chi connectivity index (χ1) is 6.70. The number of Topliss-reactive ketones (excluding diaryl/α,β-unsaturated/α-hetero) is 1. The lowest BCUT2D eigenvalue weighted by Crippen LogP contribution is -2.15. The maximum absolute atomic E-state index is 12.0. The normalized spacial score (nSPS) is 17.6. The van der Waals surface area contributed by atoms with Crippen molar-refractivity contribution in [3.05, 3.63) is 16.9 Å². The number of aryl methyl sites for hydroxylation is 1. The van der Waals surface area contributed by atoms with Crippen LogP contribution in [0.2, 0.25) is 5.02 Å². The first kappa shape index (κ1) is 9.71. The summed E-state index contributed by atoms with van der Waals surface area (Å²) < 4.78 is 1.57. The number of nitrogens with zero attached hydrogens (tertiary/aromatic N) is 2. The Morgan fingerprint density at radius 3 is 2.71 bits per heavy atom. The highest BCUT2D eigenvalue weighted by Crippen LogP contribution is 2.29. The van der Waals surface area contributed by atoms with Crippen LogP contribution in [0, 0.1) is 5.92 Å². The molecule has 0 aromatic carbocycles. The van der Waals surface area contributed by atoms with Gasteiger partial charge in [-0.05, 0) is 12.8 Å². The average Bonchev–Trinajstić information content (AvgIpc) is 2.75. The predicted octanol–water partition coefficient (Wildman–Crippen LogP) is 2.45. The molecule has 0 aliphatic heterocycles. The molecule has 0 radical (unpaired) electrons. The molecule has 2 rings (SSSR count). The summed E-state index contributed by atoms with van der Waals surface area (Å²) in [5.41, 5.74) is 0.568. The van der Waals surface area contributed by atoms with E-state index in [0.29, 0.717) is 10.7 Å². The lowest BCUT2D eigenvalue weighted by molar-refractivity contribution is 0.0913. The minimum Gasteiger partial charge on any atom is -0.292 e. The molecule has 76 valence electrons. The SMILES string of the molecule is Cn1ncc(Cl)c1C(=O)C1CCCC1. The number of aromatic nitrogens is 2. The van der Waals surface area contributed by atoms with Crippen molar-refractivity contribution >= 4 is 17.4 Å². The second-order valence-electron chi connectivity index (χ2n) is 3.81. The zero-order valence-electron chi connectivity index (χ0n) is 8.16. The zero-order chi connectivity index (χ0) is 10.1. The molecule has 14 heavy (non-hydrogen) atoms. The zero-order valence-corrected chi connectivity index (χ0v) is 8.92. The van der Waals surface area contributed by atoms with Crippen LogP contribution in [0.4, 0.5) is 0 Å². The summed E-state index contributed by atoms with van der Waals surface area (Å²) in [5, 5.41) is 4.45. The van der Waals surface area contributed by atoms with Crippen LogP contribution in [0.25, 0.3) is 0 Å². The first-order valence-electron chi connectivity index (χ1n) is 4.92. The van der Waals surface area contributed by atoms with Crippen molar-refractivity contribution in [2.45, 2.75) is 25.7 Å². The molecule has 1 aromatic heterocycles. The third kappa shape index (κ3) is 1.57. The number of hydrogen-bond acceptors (Lipinski definition) is 2. The highest BCUT2D eigenvalue weighted by molar-refractivity contribution is 6.33. The van der Waals surface area contributed by atoms with Crippen molar-refractivity contribution in [1.29, 1.82) is 0 Å². The van der Waals surface area contributed by atoms with Gasteiger partial charge in [0, 0.05) is 13.0 Å². The van der Waals surface area contributed by atoms with Crippen molar-refractivity contribution in [2.24, 2.45) is 13.0 Å². The van der Waals surface area contributed by atoms with Crippen LogP contribution in [-0.2, 0) is 7.05 Å². The van der Waals surface area contributed by atoms with Crippen molar-refractivity contribution in [3.63, 3.8) is 0 Å². The Bertz CT molecular complexity index is 334. The lowest BCUT2D eigenvalue weighted by Gasteiger charge is -2.07. The van der Waals surface area contributed by atoms with Crippen LogP contribution in [0.15, 0.2) is 6.20 Å². The molecular weight excluding hydrogens is 200 g/mol. The fraction of sp³-hybridized carbons (Fsp3) is 0.600. The third-order valence-corrected chi connectivity index (χ3v) is 3.13. The number of hydrogen-bond donors (Lipinski definition) is 0. The summed E-state index contributed by atoms with van der Waals surface area (Å²) >= 11 is 5.91. The van der Waals surface area contributed by atoms with E-state index in [-0.39, 0.29) is 11.7 Å². The van der Waals surface area contributed by atoms with Gasteiger partial charge in [-0.15, -0.1) is 0 Å². The second kappa shape index (κ2) is 3.73. The first-order valence-corrected chi connectivity index (χ1v) is 5.29. The molecule has 0 saturated heterocycles. The highest BCUT2D eigenvalue weighted by Gasteiger charge is 2.27. The molecule has 0 amide bonds. The Hall–Kier alpha value is -0.830. The molecule has 0 bridgehead atoms. The minimum absolute atomic E-state index is 0.160. The van der Waals surface area contributed by atoms with Gasteiger partial charge in [-0.1, -0.05) is 24.4 Å². The van der Waals surface area contributed by atoms with Crippen LogP contribution in [0.1, 0.15) is 36.2 Å². The van der Waals surface area contributed by atoms with Gasteiger partial charge in [-0.2, -0.15) is 5.10 Å². The number of ketones is 1. The molecule has 1 fully saturated rings. The predicted molar refractivity (Wildman–Crippen MR) is 54.5 cm³/mol. The maximum Gasteiger partial charge on any atom is 0.185 e. The molecule has 0 unspecified atom stereocenters. The molecule has 1 aliphatic carbocycles. The van der Waals surface area contributed by atoms with Crippen LogP contribution < -0.4 is 0 Å². The average molecular weight is 213 g/mol. The molecule has 1 heterocycles. The van der Waals surface area contributed by atoms with Crippen LogP contribution in [-0.4, -0.2) is 15.6 Å². The molecule has 0 atom stereocenters. The van der Waals surface area contributed by atoms with E-state index in [9.17, 15) is 4.79 Å². The van der Waals surface area contributed by atoms with E-state index in [2.05, 4.69) is 5.10 Å². The van der Waals surface area contributed by atoms with Gasteiger partial charge in [-0.3, -0.25) is 9.48 Å². The summed E-state index contributed by atoms with van der Waals surface area (Å²) in [4.78, 5) is 12.0. The quantitative estimate of drug-likeness (QED) is 0.706. The van der Waals surface area contributed by atoms with Gasteiger partial charge in [0.2, 0.25) is 0 Å². The fourth-order valence-electron chi connectivity index (χ4n) is 2.07. The van der Waals surface area contributed by atoms with Gasteiger partial charge in [0.1, 0.15) is 5.69 Å². The van der Waals surface area contributed by atoms with Gasteiger partial charge in [0.15, 0.2) is 5.78 Å². The Labute approximate surface area is 88.1 Å².